The maximum absolute atomic E-state index is 13.1. The third-order valence-corrected chi connectivity index (χ3v) is 10.2. The van der Waals surface area contributed by atoms with Crippen LogP contribution in [0.15, 0.2) is 48.5 Å². The third-order valence-electron chi connectivity index (χ3n) is 10.2. The number of benzene rings is 2. The maximum atomic E-state index is 13.1. The van der Waals surface area contributed by atoms with Crippen LogP contribution in [0.2, 0.25) is 0 Å². The number of carbonyl (C=O) groups is 2. The Morgan fingerprint density at radius 3 is 2.42 bits per heavy atom. The van der Waals surface area contributed by atoms with Gasteiger partial charge in [0.2, 0.25) is 0 Å². The van der Waals surface area contributed by atoms with Gasteiger partial charge in [-0.2, -0.15) is 0 Å². The Hall–Kier alpha value is -3.34. The van der Waals surface area contributed by atoms with Crippen molar-refractivity contribution in [3.05, 3.63) is 59.7 Å². The number of phenols is 1. The lowest BCUT2D eigenvalue weighted by atomic mass is 9.41. The molecule has 7 fully saturated rings. The zero-order valence-corrected chi connectivity index (χ0v) is 24.4. The van der Waals surface area contributed by atoms with Gasteiger partial charge < -0.3 is 58.7 Å². The SMILES string of the molecule is COc1cc(C(=O)OC[C@]23[C@H]4O[C@]5(O)C[C@](C)(O4)[C@@]2(O[C@@H]2O[C@H](COC(=O)c4ccccc4)[C@@H](O)[C@H](O)[C@H]2O)C[C@H]35)ccc1O. The number of rotatable bonds is 9. The average molecular weight is 631 g/mol. The number of ether oxygens (including phenoxy) is 7. The Kier molecular flexibility index (Phi) is 6.96. The van der Waals surface area contributed by atoms with Crippen molar-refractivity contribution in [3.63, 3.8) is 0 Å². The Balaban J connectivity index is 1.13. The van der Waals surface area contributed by atoms with E-state index in [0.717, 1.165) is 0 Å². The molecular weight excluding hydrogens is 596 g/mol. The molecule has 0 amide bonds. The first-order chi connectivity index (χ1) is 21.4. The monoisotopic (exact) mass is 630 g/mol. The van der Waals surface area contributed by atoms with Crippen molar-refractivity contribution in [2.24, 2.45) is 11.3 Å². The lowest BCUT2D eigenvalue weighted by Crippen LogP contribution is -2.80. The number of aromatic hydroxyl groups is 1. The van der Waals surface area contributed by atoms with Crippen LogP contribution in [0.4, 0.5) is 0 Å². The van der Waals surface area contributed by atoms with Gasteiger partial charge in [0.25, 0.3) is 0 Å². The molecule has 4 saturated heterocycles. The van der Waals surface area contributed by atoms with E-state index in [0.29, 0.717) is 0 Å². The molecular formula is C31H34O14. The number of phenolic OH excluding ortho intramolecular Hbond substituents is 1. The van der Waals surface area contributed by atoms with Gasteiger partial charge >= 0.3 is 11.9 Å². The van der Waals surface area contributed by atoms with Gasteiger partial charge in [0, 0.05) is 12.3 Å². The maximum Gasteiger partial charge on any atom is 0.338 e. The van der Waals surface area contributed by atoms with Crippen LogP contribution in [0, 0.1) is 11.3 Å². The first-order valence-corrected chi connectivity index (χ1v) is 14.6. The van der Waals surface area contributed by atoms with Crippen molar-refractivity contribution in [1.29, 1.82) is 0 Å². The summed E-state index contributed by atoms with van der Waals surface area (Å²) in [5.41, 5.74) is -3.37. The average Bonchev–Trinajstić information content (AvgIpc) is 3.22. The van der Waals surface area contributed by atoms with Gasteiger partial charge in [-0.1, -0.05) is 18.2 Å². The fourth-order valence-electron chi connectivity index (χ4n) is 7.91. The Morgan fingerprint density at radius 2 is 1.69 bits per heavy atom. The van der Waals surface area contributed by atoms with Crippen molar-refractivity contribution in [1.82, 2.24) is 0 Å². The molecule has 45 heavy (non-hydrogen) atoms. The number of hydrogen-bond acceptors (Lipinski definition) is 14. The summed E-state index contributed by atoms with van der Waals surface area (Å²) >= 11 is 0. The first kappa shape index (κ1) is 30.3. The van der Waals surface area contributed by atoms with E-state index in [1.54, 1.807) is 37.3 Å². The highest BCUT2D eigenvalue weighted by atomic mass is 16.8. The molecule has 5 N–H and O–H groups in total. The largest absolute Gasteiger partial charge is 0.504 e. The predicted octanol–water partition coefficient (Wildman–Crippen LogP) is 0.221. The van der Waals surface area contributed by atoms with Gasteiger partial charge in [-0.05, 0) is 43.7 Å². The summed E-state index contributed by atoms with van der Waals surface area (Å²) in [5.74, 6) is -3.65. The van der Waals surface area contributed by atoms with E-state index < -0.39 is 83.9 Å². The molecule has 0 aromatic heterocycles. The molecule has 14 heteroatoms. The van der Waals surface area contributed by atoms with Crippen molar-refractivity contribution >= 4 is 11.9 Å². The van der Waals surface area contributed by atoms with E-state index in [1.165, 1.54) is 25.3 Å². The van der Waals surface area contributed by atoms with Gasteiger partial charge in [-0.15, -0.1) is 0 Å². The highest BCUT2D eigenvalue weighted by Crippen LogP contribution is 2.81. The summed E-state index contributed by atoms with van der Waals surface area (Å²) in [6.07, 6.45) is -8.71. The fourth-order valence-corrected chi connectivity index (χ4v) is 7.91. The van der Waals surface area contributed by atoms with Crippen LogP contribution in [0.3, 0.4) is 0 Å². The zero-order chi connectivity index (χ0) is 31.9. The molecule has 2 aromatic rings. The zero-order valence-electron chi connectivity index (χ0n) is 24.4. The quantitative estimate of drug-likeness (QED) is 0.236. The highest BCUT2D eigenvalue weighted by Gasteiger charge is 2.94. The Labute approximate surface area is 256 Å². The fraction of sp³-hybridized carbons (Fsp3) is 0.548. The molecule has 11 atom stereocenters. The molecule has 3 saturated carbocycles. The molecule has 0 spiro atoms. The number of hydrogen-bond donors (Lipinski definition) is 5. The second kappa shape index (κ2) is 10.3. The summed E-state index contributed by atoms with van der Waals surface area (Å²) in [4.78, 5) is 25.6. The summed E-state index contributed by atoms with van der Waals surface area (Å²) in [5, 5.41) is 53.7. The first-order valence-electron chi connectivity index (χ1n) is 14.6. The molecule has 3 aliphatic carbocycles. The van der Waals surface area contributed by atoms with Crippen LogP contribution in [-0.2, 0) is 28.4 Å². The molecule has 4 heterocycles. The van der Waals surface area contributed by atoms with Gasteiger partial charge in [-0.25, -0.2) is 9.59 Å². The number of methoxy groups -OCH3 is 1. The topological polar surface area (TPSA) is 200 Å². The minimum atomic E-state index is -1.72. The summed E-state index contributed by atoms with van der Waals surface area (Å²) in [7, 11) is 1.34. The predicted molar refractivity (Wildman–Crippen MR) is 147 cm³/mol. The summed E-state index contributed by atoms with van der Waals surface area (Å²) < 4.78 is 40.8. The summed E-state index contributed by atoms with van der Waals surface area (Å²) in [6.45, 7) is 0.956. The van der Waals surface area contributed by atoms with Gasteiger partial charge in [0.05, 0.1) is 23.7 Å². The van der Waals surface area contributed by atoms with E-state index in [2.05, 4.69) is 0 Å². The Morgan fingerprint density at radius 1 is 0.956 bits per heavy atom. The minimum absolute atomic E-state index is 0.0120. The van der Waals surface area contributed by atoms with Crippen LogP contribution < -0.4 is 4.74 Å². The van der Waals surface area contributed by atoms with E-state index in [9.17, 15) is 35.1 Å². The molecule has 2 aromatic carbocycles. The van der Waals surface area contributed by atoms with Crippen molar-refractivity contribution < 1.29 is 68.3 Å². The number of aliphatic hydroxyl groups is 4. The molecule has 0 radical (unpaired) electrons. The molecule has 4 aliphatic heterocycles. The van der Waals surface area contributed by atoms with Crippen LogP contribution >= 0.6 is 0 Å². The molecule has 242 valence electrons. The second-order valence-corrected chi connectivity index (χ2v) is 12.5. The highest BCUT2D eigenvalue weighted by molar-refractivity contribution is 5.90. The van der Waals surface area contributed by atoms with E-state index in [4.69, 9.17) is 33.2 Å². The van der Waals surface area contributed by atoms with Crippen molar-refractivity contribution in [2.75, 3.05) is 20.3 Å². The Bertz CT molecular complexity index is 1500. The molecule has 6 bridgehead atoms. The lowest BCUT2D eigenvalue weighted by molar-refractivity contribution is -0.424. The number of carbonyl (C=O) groups excluding carboxylic acids is 2. The van der Waals surface area contributed by atoms with Gasteiger partial charge in [0.15, 0.2) is 29.9 Å². The minimum Gasteiger partial charge on any atom is -0.504 e. The van der Waals surface area contributed by atoms with Crippen molar-refractivity contribution in [3.8, 4) is 11.5 Å². The van der Waals surface area contributed by atoms with Crippen LogP contribution in [0.25, 0.3) is 0 Å². The molecule has 0 unspecified atom stereocenters. The second-order valence-electron chi connectivity index (χ2n) is 12.5. The number of aliphatic hydroxyl groups excluding tert-OH is 3. The molecule has 14 nitrogen and oxygen atoms in total. The van der Waals surface area contributed by atoms with Gasteiger partial charge in [0.1, 0.15) is 48.8 Å². The van der Waals surface area contributed by atoms with Crippen LogP contribution in [0.5, 0.6) is 11.5 Å². The lowest BCUT2D eigenvalue weighted by Gasteiger charge is -2.67. The normalized spacial score (nSPS) is 42.2. The third kappa shape index (κ3) is 4.17. The summed E-state index contributed by atoms with van der Waals surface area (Å²) in [6, 6.07) is 12.2. The van der Waals surface area contributed by atoms with Crippen molar-refractivity contribution in [2.45, 2.75) is 73.8 Å². The smallest absolute Gasteiger partial charge is 0.338 e. The number of esters is 2. The molecule has 7 aliphatic rings. The molecule has 9 rings (SSSR count). The van der Waals surface area contributed by atoms with E-state index in [1.807, 2.05) is 0 Å². The van der Waals surface area contributed by atoms with Gasteiger partial charge in [-0.3, -0.25) is 0 Å². The standard InChI is InChI=1S/C31H34O14/c1-28-13-30(38)20-11-31(28,29(20,27(44-28)45-30)14-41-25(37)16-8-9-17(32)18(10-16)39-2)43-26-23(35)22(34)21(33)19(42-26)12-40-24(36)15-6-4-3-5-7-15/h3-10,19-23,26-27,32-35,38H,11-14H2,1-2H3/t19-,20-,21-,22+,23-,26+,27-,28+,29+,30-,31+/m1/s1. The van der Waals surface area contributed by atoms with Crippen LogP contribution in [0.1, 0.15) is 40.5 Å². The van der Waals surface area contributed by atoms with E-state index in [-0.39, 0.29) is 42.1 Å². The van der Waals surface area contributed by atoms with E-state index >= 15 is 0 Å². The van der Waals surface area contributed by atoms with Crippen LogP contribution in [-0.4, -0.2) is 112 Å².